The smallest absolute Gasteiger partial charge is 0.111 e. The van der Waals surface area contributed by atoms with Gasteiger partial charge < -0.3 is 4.42 Å². The molecular weight excluding hydrogens is 244 g/mol. The van der Waals surface area contributed by atoms with Gasteiger partial charge in [0.1, 0.15) is 11.5 Å². The molecule has 1 heterocycles. The van der Waals surface area contributed by atoms with Crippen molar-refractivity contribution in [2.24, 2.45) is 5.92 Å². The second-order valence-electron chi connectivity index (χ2n) is 5.80. The molecule has 114 valence electrons. The number of unbranched alkanes of at least 4 members (excludes halogenated alkanes) is 2. The van der Waals surface area contributed by atoms with E-state index in [1.54, 1.807) is 0 Å². The van der Waals surface area contributed by atoms with Crippen molar-refractivity contribution < 1.29 is 4.42 Å². The molecule has 0 spiro atoms. The predicted molar refractivity (Wildman–Crippen MR) is 89.0 cm³/mol. The summed E-state index contributed by atoms with van der Waals surface area (Å²) in [7, 11) is 0. The largest absolute Gasteiger partial charge is 0.465 e. The molecule has 1 heteroatoms. The molecule has 20 heavy (non-hydrogen) atoms. The molecule has 0 aromatic carbocycles. The highest BCUT2D eigenvalue weighted by Gasteiger charge is 2.13. The summed E-state index contributed by atoms with van der Waals surface area (Å²) in [6.45, 7) is 8.80. The van der Waals surface area contributed by atoms with Gasteiger partial charge in [-0.25, -0.2) is 0 Å². The molecule has 1 rings (SSSR count). The molecular formula is C19H32O. The highest BCUT2D eigenvalue weighted by molar-refractivity contribution is 5.51. The van der Waals surface area contributed by atoms with Crippen LogP contribution in [0, 0.1) is 5.92 Å². The maximum Gasteiger partial charge on any atom is 0.111 e. The van der Waals surface area contributed by atoms with E-state index in [9.17, 15) is 0 Å². The minimum Gasteiger partial charge on any atom is -0.465 e. The zero-order valence-corrected chi connectivity index (χ0v) is 13.9. The van der Waals surface area contributed by atoms with Crippen LogP contribution in [0.15, 0.2) is 16.6 Å². The fraction of sp³-hybridized carbons (Fsp3) is 0.684. The van der Waals surface area contributed by atoms with Gasteiger partial charge in [-0.15, -0.1) is 0 Å². The Morgan fingerprint density at radius 1 is 1.10 bits per heavy atom. The Bertz CT molecular complexity index is 386. The summed E-state index contributed by atoms with van der Waals surface area (Å²) >= 11 is 0. The molecule has 1 atom stereocenters. The average molecular weight is 276 g/mol. The third kappa shape index (κ3) is 5.56. The Morgan fingerprint density at radius 2 is 1.90 bits per heavy atom. The van der Waals surface area contributed by atoms with Crippen molar-refractivity contribution in [2.45, 2.75) is 79.1 Å². The minimum absolute atomic E-state index is 0.792. The van der Waals surface area contributed by atoms with E-state index in [1.165, 1.54) is 49.8 Å². The van der Waals surface area contributed by atoms with Crippen molar-refractivity contribution >= 4 is 6.08 Å². The van der Waals surface area contributed by atoms with Gasteiger partial charge in [0.25, 0.3) is 0 Å². The second-order valence-corrected chi connectivity index (χ2v) is 5.80. The first-order valence-corrected chi connectivity index (χ1v) is 8.49. The van der Waals surface area contributed by atoms with Gasteiger partial charge >= 0.3 is 0 Å². The summed E-state index contributed by atoms with van der Waals surface area (Å²) in [6.07, 6.45) is 14.3. The summed E-state index contributed by atoms with van der Waals surface area (Å²) < 4.78 is 6.05. The maximum absolute atomic E-state index is 6.05. The molecule has 0 saturated carbocycles. The molecule has 0 amide bonds. The van der Waals surface area contributed by atoms with Gasteiger partial charge in [0.15, 0.2) is 0 Å². The van der Waals surface area contributed by atoms with E-state index < -0.39 is 0 Å². The summed E-state index contributed by atoms with van der Waals surface area (Å²) in [5.41, 5.74) is 1.27. The zero-order chi connectivity index (χ0) is 14.8. The highest BCUT2D eigenvalue weighted by Crippen LogP contribution is 2.25. The van der Waals surface area contributed by atoms with Crippen LogP contribution in [0.4, 0.5) is 0 Å². The third-order valence-corrected chi connectivity index (χ3v) is 3.96. The minimum atomic E-state index is 0.792. The number of furan rings is 1. The molecule has 1 nitrogen and oxygen atoms in total. The Balaban J connectivity index is 2.67. The Morgan fingerprint density at radius 3 is 2.50 bits per heavy atom. The van der Waals surface area contributed by atoms with Gasteiger partial charge in [0, 0.05) is 18.4 Å². The van der Waals surface area contributed by atoms with Gasteiger partial charge in [-0.2, -0.15) is 0 Å². The van der Waals surface area contributed by atoms with E-state index in [2.05, 4.69) is 45.9 Å². The fourth-order valence-corrected chi connectivity index (χ4v) is 2.92. The summed E-state index contributed by atoms with van der Waals surface area (Å²) in [5.74, 6) is 3.12. The number of allylic oxidation sites excluding steroid dienone is 1. The van der Waals surface area contributed by atoms with E-state index in [-0.39, 0.29) is 0 Å². The first kappa shape index (κ1) is 17.1. The van der Waals surface area contributed by atoms with Gasteiger partial charge in [-0.3, -0.25) is 0 Å². The number of aryl methyl sites for hydroxylation is 1. The first-order chi connectivity index (χ1) is 9.74. The molecule has 0 N–H and O–H groups in total. The van der Waals surface area contributed by atoms with Crippen LogP contribution in [-0.2, 0) is 12.8 Å². The lowest BCUT2D eigenvalue weighted by molar-refractivity contribution is 0.373. The normalized spacial score (nSPS) is 13.2. The molecule has 0 aliphatic carbocycles. The second kappa shape index (κ2) is 9.85. The standard InChI is InChI=1S/C19H32O/c1-5-9-10-13-16(11-6-2)14-18-15-17(12-7-3)19(8-4)20-18/h7,12,15-16H,5-6,8-11,13-14H2,1-4H3/b12-7-. The Labute approximate surface area is 125 Å². The van der Waals surface area contributed by atoms with Crippen molar-refractivity contribution in [2.75, 3.05) is 0 Å². The van der Waals surface area contributed by atoms with Crippen molar-refractivity contribution in [1.29, 1.82) is 0 Å². The quantitative estimate of drug-likeness (QED) is 0.450. The lowest BCUT2D eigenvalue weighted by Gasteiger charge is -2.14. The molecule has 1 aromatic heterocycles. The zero-order valence-electron chi connectivity index (χ0n) is 13.9. The van der Waals surface area contributed by atoms with Crippen LogP contribution in [0.5, 0.6) is 0 Å². The molecule has 0 saturated heterocycles. The third-order valence-electron chi connectivity index (χ3n) is 3.96. The van der Waals surface area contributed by atoms with Gasteiger partial charge in [0.2, 0.25) is 0 Å². The molecule has 0 aliphatic heterocycles. The number of rotatable bonds is 10. The molecule has 1 unspecified atom stereocenters. The fourth-order valence-electron chi connectivity index (χ4n) is 2.92. The summed E-state index contributed by atoms with van der Waals surface area (Å²) in [6, 6.07) is 2.25. The van der Waals surface area contributed by atoms with Crippen LogP contribution in [0.3, 0.4) is 0 Å². The van der Waals surface area contributed by atoms with Crippen molar-refractivity contribution in [1.82, 2.24) is 0 Å². The number of hydrogen-bond donors (Lipinski definition) is 0. The summed E-state index contributed by atoms with van der Waals surface area (Å²) in [5, 5.41) is 0. The Hall–Kier alpha value is -0.980. The van der Waals surface area contributed by atoms with Crippen LogP contribution >= 0.6 is 0 Å². The van der Waals surface area contributed by atoms with Gasteiger partial charge in [-0.05, 0) is 18.9 Å². The van der Waals surface area contributed by atoms with Gasteiger partial charge in [0.05, 0.1) is 0 Å². The molecule has 1 aromatic rings. The summed E-state index contributed by atoms with van der Waals surface area (Å²) in [4.78, 5) is 0. The lowest BCUT2D eigenvalue weighted by Crippen LogP contribution is -2.04. The Kier molecular flexibility index (Phi) is 8.41. The van der Waals surface area contributed by atoms with Crippen LogP contribution in [0.25, 0.3) is 6.08 Å². The lowest BCUT2D eigenvalue weighted by atomic mass is 9.92. The van der Waals surface area contributed by atoms with Gasteiger partial charge in [-0.1, -0.05) is 71.4 Å². The average Bonchev–Trinajstić information content (AvgIpc) is 2.81. The first-order valence-electron chi connectivity index (χ1n) is 8.49. The van der Waals surface area contributed by atoms with Crippen LogP contribution < -0.4 is 0 Å². The molecule has 0 fully saturated rings. The number of hydrogen-bond acceptors (Lipinski definition) is 1. The predicted octanol–water partition coefficient (Wildman–Crippen LogP) is 6.41. The highest BCUT2D eigenvalue weighted by atomic mass is 16.3. The van der Waals surface area contributed by atoms with E-state index in [0.717, 1.165) is 24.5 Å². The van der Waals surface area contributed by atoms with E-state index in [4.69, 9.17) is 4.42 Å². The monoisotopic (exact) mass is 276 g/mol. The molecule has 0 bridgehead atoms. The van der Waals surface area contributed by atoms with Crippen LogP contribution in [0.2, 0.25) is 0 Å². The van der Waals surface area contributed by atoms with Crippen molar-refractivity contribution in [3.05, 3.63) is 29.2 Å². The topological polar surface area (TPSA) is 13.1 Å². The van der Waals surface area contributed by atoms with E-state index in [0.29, 0.717) is 0 Å². The van der Waals surface area contributed by atoms with E-state index in [1.807, 2.05) is 0 Å². The van der Waals surface area contributed by atoms with Crippen LogP contribution in [0.1, 0.15) is 83.3 Å². The van der Waals surface area contributed by atoms with Crippen molar-refractivity contribution in [3.63, 3.8) is 0 Å². The van der Waals surface area contributed by atoms with Crippen LogP contribution in [-0.4, -0.2) is 0 Å². The van der Waals surface area contributed by atoms with E-state index >= 15 is 0 Å². The SMILES string of the molecule is C/C=C\c1cc(CC(CCC)CCCCC)oc1CC. The molecule has 0 radical (unpaired) electrons. The maximum atomic E-state index is 6.05. The van der Waals surface area contributed by atoms with Crippen molar-refractivity contribution in [3.8, 4) is 0 Å². The molecule has 0 aliphatic rings.